The average molecular weight is 616 g/mol. The first-order chi connectivity index (χ1) is 20.8. The maximum absolute atomic E-state index is 14.6. The van der Waals surface area contributed by atoms with E-state index in [1.165, 1.54) is 55.6 Å². The Bertz CT molecular complexity index is 1910. The minimum atomic E-state index is -4.19. The van der Waals surface area contributed by atoms with Crippen LogP contribution in [0.25, 0.3) is 16.9 Å². The second kappa shape index (κ2) is 12.7. The number of aromatic nitrogens is 2. The molecule has 4 aromatic carbocycles. The quantitative estimate of drug-likeness (QED) is 0.0790. The number of benzene rings is 4. The largest absolute Gasteiger partial charge is 0.366 e. The molecule has 0 aliphatic carbocycles. The topological polar surface area (TPSA) is 167 Å². The summed E-state index contributed by atoms with van der Waals surface area (Å²) in [4.78, 5) is 21.4. The van der Waals surface area contributed by atoms with Crippen LogP contribution in [0.15, 0.2) is 119 Å². The molecule has 5 aromatic rings. The van der Waals surface area contributed by atoms with Crippen molar-refractivity contribution in [2.75, 3.05) is 12.5 Å². The molecule has 216 valence electrons. The van der Waals surface area contributed by atoms with Crippen molar-refractivity contribution >= 4 is 41.6 Å². The van der Waals surface area contributed by atoms with Crippen LogP contribution in [0, 0.1) is 20.2 Å². The van der Waals surface area contributed by atoms with Crippen molar-refractivity contribution in [1.29, 1.82) is 0 Å². The number of non-ortho nitro benzene ring substituents is 2. The minimum Gasteiger partial charge on any atom is -0.311 e. The van der Waals surface area contributed by atoms with Crippen LogP contribution in [0.3, 0.4) is 0 Å². The summed E-state index contributed by atoms with van der Waals surface area (Å²) in [6, 6.07) is 29.2. The van der Waals surface area contributed by atoms with Crippen LogP contribution in [-0.4, -0.2) is 31.6 Å². The van der Waals surface area contributed by atoms with Crippen molar-refractivity contribution in [2.24, 2.45) is 9.86 Å². The number of rotatable bonds is 10. The summed E-state index contributed by atoms with van der Waals surface area (Å²) < 4.78 is 26.5. The number of nitro benzene ring substituents is 2. The fourth-order valence-corrected chi connectivity index (χ4v) is 6.44. The standard InChI is InChI=1S/C28H22N7O6PS/c1-41-42(40,27(30-29-22-8-4-2-5-9-22)21-14-18-25(19-15-21)35(38)39)32-28-26(20-12-16-24(17-13-20)34(36)37)31-33(43-28)23-10-6-3-7-11-23/h2-19,29H,1H3. The Labute approximate surface area is 248 Å². The fourth-order valence-electron chi connectivity index (χ4n) is 3.88. The Hall–Kier alpha value is -5.30. The highest BCUT2D eigenvalue weighted by Gasteiger charge is 2.32. The van der Waals surface area contributed by atoms with Crippen molar-refractivity contribution in [3.63, 3.8) is 0 Å². The number of nitrogens with one attached hydrogen (secondary N) is 1. The number of para-hydroxylation sites is 2. The molecule has 1 unspecified atom stereocenters. The van der Waals surface area contributed by atoms with E-state index in [0.29, 0.717) is 22.6 Å². The smallest absolute Gasteiger partial charge is 0.311 e. The lowest BCUT2D eigenvalue weighted by molar-refractivity contribution is -0.385. The van der Waals surface area contributed by atoms with Gasteiger partial charge in [0.1, 0.15) is 5.69 Å². The van der Waals surface area contributed by atoms with E-state index in [2.05, 4.69) is 20.4 Å². The first-order valence-electron chi connectivity index (χ1n) is 12.5. The SMILES string of the molecule is COP(=O)(N=c1sn(-c2ccccc2)nc1-c1ccc([N+](=O)[O-])cc1)C(=NNc1ccccc1)c1ccc([N+](=O)[O-])cc1. The first kappa shape index (κ1) is 29.2. The molecule has 1 aromatic heterocycles. The van der Waals surface area contributed by atoms with Gasteiger partial charge in [0.2, 0.25) is 0 Å². The van der Waals surface area contributed by atoms with E-state index < -0.39 is 17.4 Å². The van der Waals surface area contributed by atoms with Crippen LogP contribution in [0.5, 0.6) is 0 Å². The predicted octanol–water partition coefficient (Wildman–Crippen LogP) is 6.63. The lowest BCUT2D eigenvalue weighted by Crippen LogP contribution is -2.10. The molecule has 0 bridgehead atoms. The summed E-state index contributed by atoms with van der Waals surface area (Å²) >= 11 is 1.08. The van der Waals surface area contributed by atoms with Crippen LogP contribution < -0.4 is 10.1 Å². The predicted molar refractivity (Wildman–Crippen MR) is 163 cm³/mol. The summed E-state index contributed by atoms with van der Waals surface area (Å²) in [6.07, 6.45) is 0. The van der Waals surface area contributed by atoms with Gasteiger partial charge in [0, 0.05) is 42.5 Å². The molecule has 1 N–H and O–H groups in total. The van der Waals surface area contributed by atoms with Crippen LogP contribution in [-0.2, 0) is 9.09 Å². The number of hydrogen-bond acceptors (Lipinski definition) is 10. The number of hydrogen-bond donors (Lipinski definition) is 1. The molecule has 0 amide bonds. The number of nitro groups is 2. The molecule has 13 nitrogen and oxygen atoms in total. The minimum absolute atomic E-state index is 0.0944. The van der Waals surface area contributed by atoms with Crippen LogP contribution in [0.1, 0.15) is 5.56 Å². The molecule has 0 radical (unpaired) electrons. The van der Waals surface area contributed by atoms with E-state index in [0.717, 1.165) is 11.5 Å². The molecular formula is C28H22N7O6PS. The van der Waals surface area contributed by atoms with Gasteiger partial charge in [-0.05, 0) is 60.1 Å². The summed E-state index contributed by atoms with van der Waals surface area (Å²) in [5, 5.41) is 31.5. The number of anilines is 1. The summed E-state index contributed by atoms with van der Waals surface area (Å²) in [5.41, 5.74) is 4.89. The van der Waals surface area contributed by atoms with Gasteiger partial charge in [-0.1, -0.05) is 36.4 Å². The van der Waals surface area contributed by atoms with E-state index in [1.54, 1.807) is 28.3 Å². The molecule has 0 aliphatic heterocycles. The third-order valence-corrected chi connectivity index (χ3v) is 8.94. The highest BCUT2D eigenvalue weighted by molar-refractivity contribution is 7.76. The zero-order chi connectivity index (χ0) is 30.4. The van der Waals surface area contributed by atoms with Crippen molar-refractivity contribution in [3.8, 4) is 16.9 Å². The third-order valence-electron chi connectivity index (χ3n) is 6.03. The highest BCUT2D eigenvalue weighted by atomic mass is 32.1. The molecular weight excluding hydrogens is 593 g/mol. The van der Waals surface area contributed by atoms with Gasteiger partial charge >= 0.3 is 7.52 Å². The van der Waals surface area contributed by atoms with Gasteiger partial charge in [0.05, 0.1) is 21.2 Å². The molecule has 43 heavy (non-hydrogen) atoms. The lowest BCUT2D eigenvalue weighted by Gasteiger charge is -2.14. The number of hydrazone groups is 1. The Kier molecular flexibility index (Phi) is 8.62. The van der Waals surface area contributed by atoms with Gasteiger partial charge < -0.3 is 4.52 Å². The molecule has 1 atom stereocenters. The Morgan fingerprint density at radius 3 is 1.98 bits per heavy atom. The zero-order valence-corrected chi connectivity index (χ0v) is 24.1. The Balaban J connectivity index is 1.69. The monoisotopic (exact) mass is 615 g/mol. The molecule has 0 saturated carbocycles. The normalized spacial score (nSPS) is 13.3. The zero-order valence-electron chi connectivity index (χ0n) is 22.4. The van der Waals surface area contributed by atoms with E-state index in [1.807, 2.05) is 36.4 Å². The maximum atomic E-state index is 14.6. The maximum Gasteiger partial charge on any atom is 0.366 e. The van der Waals surface area contributed by atoms with Crippen molar-refractivity contribution < 1.29 is 18.9 Å². The summed E-state index contributed by atoms with van der Waals surface area (Å²) in [6.45, 7) is 0. The van der Waals surface area contributed by atoms with Crippen molar-refractivity contribution in [3.05, 3.63) is 140 Å². The second-order valence-electron chi connectivity index (χ2n) is 8.78. The van der Waals surface area contributed by atoms with Gasteiger partial charge in [-0.15, -0.1) is 0 Å². The van der Waals surface area contributed by atoms with Gasteiger partial charge in [-0.2, -0.15) is 19.0 Å². The van der Waals surface area contributed by atoms with Crippen LogP contribution in [0.2, 0.25) is 0 Å². The second-order valence-corrected chi connectivity index (χ2v) is 11.7. The molecule has 0 aliphatic rings. The van der Waals surface area contributed by atoms with E-state index >= 15 is 0 Å². The molecule has 5 rings (SSSR count). The van der Waals surface area contributed by atoms with Crippen molar-refractivity contribution in [2.45, 2.75) is 0 Å². The highest BCUT2D eigenvalue weighted by Crippen LogP contribution is 2.51. The molecule has 1 heterocycles. The summed E-state index contributed by atoms with van der Waals surface area (Å²) in [7, 11) is -2.96. The first-order valence-corrected chi connectivity index (χ1v) is 14.9. The van der Waals surface area contributed by atoms with Gasteiger partial charge in [-0.3, -0.25) is 30.2 Å². The summed E-state index contributed by atoms with van der Waals surface area (Å²) in [5.74, 6) is 0. The molecule has 0 spiro atoms. The van der Waals surface area contributed by atoms with Gasteiger partial charge in [0.15, 0.2) is 10.1 Å². The van der Waals surface area contributed by atoms with E-state index in [9.17, 15) is 24.8 Å². The third kappa shape index (κ3) is 6.62. The van der Waals surface area contributed by atoms with Crippen LogP contribution in [0.4, 0.5) is 17.1 Å². The Morgan fingerprint density at radius 2 is 1.42 bits per heavy atom. The van der Waals surface area contributed by atoms with E-state index in [4.69, 9.17) is 4.52 Å². The molecule has 15 heteroatoms. The molecule has 0 saturated heterocycles. The van der Waals surface area contributed by atoms with Gasteiger partial charge in [0.25, 0.3) is 11.4 Å². The average Bonchev–Trinajstić information content (AvgIpc) is 3.45. The lowest BCUT2D eigenvalue weighted by atomic mass is 10.1. The van der Waals surface area contributed by atoms with E-state index in [-0.39, 0.29) is 27.1 Å². The number of nitrogens with zero attached hydrogens (tertiary/aromatic N) is 6. The van der Waals surface area contributed by atoms with Crippen molar-refractivity contribution in [1.82, 2.24) is 9.17 Å². The fraction of sp³-hybridized carbons (Fsp3) is 0.0357. The van der Waals surface area contributed by atoms with Gasteiger partial charge in [-0.25, -0.2) is 0 Å². The molecule has 0 fully saturated rings. The van der Waals surface area contributed by atoms with Crippen LogP contribution >= 0.6 is 19.1 Å². The Morgan fingerprint density at radius 1 is 0.860 bits per heavy atom.